The van der Waals surface area contributed by atoms with Crippen LogP contribution in [0.4, 0.5) is 5.69 Å². The van der Waals surface area contributed by atoms with Crippen LogP contribution in [0, 0.1) is 11.8 Å². The molecule has 1 aliphatic rings. The number of nitrogens with zero attached hydrogens (tertiary/aromatic N) is 1. The van der Waals surface area contributed by atoms with Gasteiger partial charge in [0.05, 0.1) is 16.6 Å². The highest BCUT2D eigenvalue weighted by molar-refractivity contribution is 6.33. The number of hydrogen-bond donors (Lipinski definition) is 2. The van der Waals surface area contributed by atoms with Gasteiger partial charge in [0.15, 0.2) is 0 Å². The Morgan fingerprint density at radius 1 is 1.47 bits per heavy atom. The number of amides is 1. The monoisotopic (exact) mass is 282 g/mol. The van der Waals surface area contributed by atoms with Gasteiger partial charge in [-0.2, -0.15) is 0 Å². The highest BCUT2D eigenvalue weighted by atomic mass is 35.5. The fourth-order valence-corrected chi connectivity index (χ4v) is 2.22. The van der Waals surface area contributed by atoms with E-state index in [1.807, 2.05) is 0 Å². The molecule has 0 bridgehead atoms. The van der Waals surface area contributed by atoms with Crippen molar-refractivity contribution >= 4 is 29.2 Å². The molecule has 1 amide bonds. The maximum atomic E-state index is 12.1. The van der Waals surface area contributed by atoms with Crippen molar-refractivity contribution in [3.05, 3.63) is 28.8 Å². The van der Waals surface area contributed by atoms with Crippen LogP contribution in [0.1, 0.15) is 17.3 Å². The number of likely N-dealkylation sites (tertiary alicyclic amines) is 1. The summed E-state index contributed by atoms with van der Waals surface area (Å²) in [5, 5.41) is 9.24. The number of rotatable bonds is 3. The fraction of sp³-hybridized carbons (Fsp3) is 0.385. The average Bonchev–Trinajstić information content (AvgIpc) is 2.30. The zero-order chi connectivity index (χ0) is 14.2. The molecule has 3 N–H and O–H groups in total. The van der Waals surface area contributed by atoms with Gasteiger partial charge in [-0.15, -0.1) is 0 Å². The Hall–Kier alpha value is -1.75. The van der Waals surface area contributed by atoms with Crippen LogP contribution in [0.15, 0.2) is 18.2 Å². The normalized spacial score (nSPS) is 16.8. The lowest BCUT2D eigenvalue weighted by atomic mass is 9.86. The third-order valence-electron chi connectivity index (χ3n) is 3.54. The molecule has 2 rings (SSSR count). The number of hydrogen-bond acceptors (Lipinski definition) is 3. The predicted molar refractivity (Wildman–Crippen MR) is 72.1 cm³/mol. The van der Waals surface area contributed by atoms with Gasteiger partial charge in [-0.3, -0.25) is 9.59 Å². The molecule has 5 nitrogen and oxygen atoms in total. The Morgan fingerprint density at radius 3 is 2.63 bits per heavy atom. The van der Waals surface area contributed by atoms with Gasteiger partial charge in [-0.1, -0.05) is 18.5 Å². The first-order valence-corrected chi connectivity index (χ1v) is 6.35. The molecule has 0 radical (unpaired) electrons. The van der Waals surface area contributed by atoms with Gasteiger partial charge in [0.25, 0.3) is 5.91 Å². The molecule has 102 valence electrons. The van der Waals surface area contributed by atoms with E-state index in [4.69, 9.17) is 22.4 Å². The maximum Gasteiger partial charge on any atom is 0.306 e. The quantitative estimate of drug-likeness (QED) is 0.827. The van der Waals surface area contributed by atoms with E-state index in [1.54, 1.807) is 24.0 Å². The second-order valence-corrected chi connectivity index (χ2v) is 5.24. The van der Waals surface area contributed by atoms with Gasteiger partial charge < -0.3 is 15.7 Å². The van der Waals surface area contributed by atoms with Crippen molar-refractivity contribution in [2.45, 2.75) is 6.92 Å². The summed E-state index contributed by atoms with van der Waals surface area (Å²) in [7, 11) is 0. The van der Waals surface area contributed by atoms with Crippen LogP contribution in [0.5, 0.6) is 0 Å². The Labute approximate surface area is 116 Å². The van der Waals surface area contributed by atoms with Crippen LogP contribution >= 0.6 is 11.6 Å². The van der Waals surface area contributed by atoms with Gasteiger partial charge in [0, 0.05) is 24.6 Å². The maximum absolute atomic E-state index is 12.1. The molecule has 1 aromatic carbocycles. The van der Waals surface area contributed by atoms with Gasteiger partial charge >= 0.3 is 5.97 Å². The Morgan fingerprint density at radius 2 is 2.11 bits per heavy atom. The molecule has 6 heteroatoms. The molecule has 19 heavy (non-hydrogen) atoms. The molecule has 1 atom stereocenters. The fourth-order valence-electron chi connectivity index (χ4n) is 2.04. The third kappa shape index (κ3) is 2.66. The summed E-state index contributed by atoms with van der Waals surface area (Å²) in [6, 6.07) is 4.75. The molecular weight excluding hydrogens is 268 g/mol. The average molecular weight is 283 g/mol. The number of nitrogen functional groups attached to an aromatic ring is 1. The van der Waals surface area contributed by atoms with E-state index in [-0.39, 0.29) is 11.8 Å². The van der Waals surface area contributed by atoms with Gasteiger partial charge in [-0.05, 0) is 18.2 Å². The summed E-state index contributed by atoms with van der Waals surface area (Å²) < 4.78 is 0. The molecule has 0 saturated carbocycles. The van der Waals surface area contributed by atoms with Crippen molar-refractivity contribution in [2.75, 3.05) is 18.8 Å². The van der Waals surface area contributed by atoms with Crippen LogP contribution in [-0.4, -0.2) is 35.0 Å². The lowest BCUT2D eigenvalue weighted by Gasteiger charge is -2.41. The summed E-state index contributed by atoms with van der Waals surface area (Å²) in [5.41, 5.74) is 6.49. The minimum atomic E-state index is -0.826. The van der Waals surface area contributed by atoms with Crippen molar-refractivity contribution in [1.29, 1.82) is 0 Å². The van der Waals surface area contributed by atoms with E-state index in [0.29, 0.717) is 29.4 Å². The minimum Gasteiger partial charge on any atom is -0.481 e. The van der Waals surface area contributed by atoms with E-state index in [2.05, 4.69) is 0 Å². The standard InChI is InChI=1S/C13H15ClN2O3/c1-7(13(18)19)9-5-16(6-9)12(17)8-2-3-11(15)10(14)4-8/h2-4,7,9H,5-6,15H2,1H3,(H,18,19). The molecule has 1 saturated heterocycles. The summed E-state index contributed by atoms with van der Waals surface area (Å²) in [5.74, 6) is -1.38. The highest BCUT2D eigenvalue weighted by Crippen LogP contribution is 2.27. The molecule has 1 fully saturated rings. The van der Waals surface area contributed by atoms with E-state index < -0.39 is 11.9 Å². The predicted octanol–water partition coefficient (Wildman–Crippen LogP) is 1.71. The number of nitrogens with two attached hydrogens (primary N) is 1. The van der Waals surface area contributed by atoms with Crippen LogP contribution in [-0.2, 0) is 4.79 Å². The van der Waals surface area contributed by atoms with Crippen molar-refractivity contribution in [1.82, 2.24) is 4.90 Å². The molecule has 1 unspecified atom stereocenters. The topological polar surface area (TPSA) is 83.6 Å². The zero-order valence-electron chi connectivity index (χ0n) is 10.5. The Balaban J connectivity index is 2.00. The Bertz CT molecular complexity index is 527. The number of halogens is 1. The van der Waals surface area contributed by atoms with E-state index in [0.717, 1.165) is 0 Å². The van der Waals surface area contributed by atoms with Crippen molar-refractivity contribution in [2.24, 2.45) is 11.8 Å². The summed E-state index contributed by atoms with van der Waals surface area (Å²) in [4.78, 5) is 24.6. The second-order valence-electron chi connectivity index (χ2n) is 4.83. The third-order valence-corrected chi connectivity index (χ3v) is 3.87. The molecule has 1 aliphatic heterocycles. The minimum absolute atomic E-state index is 0.0192. The lowest BCUT2D eigenvalue weighted by Crippen LogP contribution is -2.53. The van der Waals surface area contributed by atoms with Crippen LogP contribution in [0.2, 0.25) is 5.02 Å². The SMILES string of the molecule is CC(C(=O)O)C1CN(C(=O)c2ccc(N)c(Cl)c2)C1. The molecule has 0 spiro atoms. The number of carboxylic acid groups (broad SMARTS) is 1. The largest absolute Gasteiger partial charge is 0.481 e. The molecule has 1 aromatic rings. The van der Waals surface area contributed by atoms with Crippen molar-refractivity contribution in [3.63, 3.8) is 0 Å². The van der Waals surface area contributed by atoms with Crippen LogP contribution in [0.3, 0.4) is 0 Å². The molecule has 0 aliphatic carbocycles. The first-order chi connectivity index (χ1) is 8.90. The van der Waals surface area contributed by atoms with Crippen LogP contribution in [0.25, 0.3) is 0 Å². The summed E-state index contributed by atoms with van der Waals surface area (Å²) >= 11 is 5.87. The number of carboxylic acids is 1. The van der Waals surface area contributed by atoms with Gasteiger partial charge in [0.1, 0.15) is 0 Å². The molecule has 1 heterocycles. The summed E-state index contributed by atoms with van der Waals surface area (Å²) in [6.07, 6.45) is 0. The van der Waals surface area contributed by atoms with E-state index >= 15 is 0 Å². The second kappa shape index (κ2) is 5.09. The van der Waals surface area contributed by atoms with Crippen molar-refractivity contribution in [3.8, 4) is 0 Å². The van der Waals surface area contributed by atoms with Crippen molar-refractivity contribution < 1.29 is 14.7 Å². The van der Waals surface area contributed by atoms with Crippen LogP contribution < -0.4 is 5.73 Å². The number of benzene rings is 1. The van der Waals surface area contributed by atoms with Gasteiger partial charge in [0.2, 0.25) is 0 Å². The van der Waals surface area contributed by atoms with Gasteiger partial charge in [-0.25, -0.2) is 0 Å². The first kappa shape index (κ1) is 13.7. The number of aliphatic carboxylic acids is 1. The number of carbonyl (C=O) groups is 2. The number of anilines is 1. The number of carbonyl (C=O) groups excluding carboxylic acids is 1. The Kier molecular flexibility index (Phi) is 3.66. The molecular formula is C13H15ClN2O3. The van der Waals surface area contributed by atoms with E-state index in [1.165, 1.54) is 6.07 Å². The first-order valence-electron chi connectivity index (χ1n) is 5.97. The highest BCUT2D eigenvalue weighted by Gasteiger charge is 2.37. The smallest absolute Gasteiger partial charge is 0.306 e. The molecule has 0 aromatic heterocycles. The summed E-state index contributed by atoms with van der Waals surface area (Å²) in [6.45, 7) is 2.59. The zero-order valence-corrected chi connectivity index (χ0v) is 11.2. The van der Waals surface area contributed by atoms with E-state index in [9.17, 15) is 9.59 Å². The lowest BCUT2D eigenvalue weighted by molar-refractivity contribution is -0.144.